The fraction of sp³-hybridized carbons (Fsp3) is 0.286. The topological polar surface area (TPSA) is 62.4 Å². The van der Waals surface area contributed by atoms with Crippen LogP contribution in [0.5, 0.6) is 0 Å². The number of thiocarbonyl (C=S) groups is 1. The molecule has 1 rings (SSSR count). The van der Waals surface area contributed by atoms with E-state index in [9.17, 15) is 4.79 Å². The number of nitrogens with one attached hydrogen (secondary N) is 3. The maximum absolute atomic E-state index is 11.6. The van der Waals surface area contributed by atoms with Crippen molar-refractivity contribution in [3.8, 4) is 0 Å². The summed E-state index contributed by atoms with van der Waals surface area (Å²) in [7, 11) is 1.62. The highest BCUT2D eigenvalue weighted by atomic mass is 32.1. The Kier molecular flexibility index (Phi) is 7.31. The number of rotatable bonds is 5. The minimum Gasteiger partial charge on any atom is -0.383 e. The second-order valence-corrected chi connectivity index (χ2v) is 4.60. The van der Waals surface area contributed by atoms with Crippen LogP contribution in [0.15, 0.2) is 36.4 Å². The first-order valence-electron chi connectivity index (χ1n) is 6.20. The van der Waals surface area contributed by atoms with Crippen LogP contribution in [0.3, 0.4) is 0 Å². The molecule has 0 aliphatic heterocycles. The second-order valence-electron chi connectivity index (χ2n) is 4.19. The first-order chi connectivity index (χ1) is 9.61. The number of benzene rings is 1. The van der Waals surface area contributed by atoms with E-state index in [-0.39, 0.29) is 11.9 Å². The van der Waals surface area contributed by atoms with Gasteiger partial charge in [0.1, 0.15) is 0 Å². The minimum atomic E-state index is -0.280. The van der Waals surface area contributed by atoms with E-state index in [2.05, 4.69) is 16.2 Å². The molecule has 0 spiro atoms. The third kappa shape index (κ3) is 6.86. The predicted octanol–water partition coefficient (Wildman–Crippen LogP) is 1.23. The van der Waals surface area contributed by atoms with Gasteiger partial charge in [-0.1, -0.05) is 30.3 Å². The molecule has 0 unspecified atom stereocenters. The van der Waals surface area contributed by atoms with Crippen molar-refractivity contribution in [3.63, 3.8) is 0 Å². The summed E-state index contributed by atoms with van der Waals surface area (Å²) < 4.78 is 4.97. The van der Waals surface area contributed by atoms with Gasteiger partial charge >= 0.3 is 0 Å². The zero-order valence-corrected chi connectivity index (χ0v) is 12.4. The molecule has 0 aromatic heterocycles. The fourth-order valence-corrected chi connectivity index (χ4v) is 1.70. The molecule has 0 saturated carbocycles. The van der Waals surface area contributed by atoms with E-state index < -0.39 is 0 Å². The van der Waals surface area contributed by atoms with Gasteiger partial charge in [0.05, 0.1) is 6.61 Å². The van der Waals surface area contributed by atoms with Gasteiger partial charge in [-0.05, 0) is 30.8 Å². The monoisotopic (exact) mass is 293 g/mol. The lowest BCUT2D eigenvalue weighted by molar-refractivity contribution is -0.116. The molecule has 1 amide bonds. The van der Waals surface area contributed by atoms with Gasteiger partial charge in [-0.3, -0.25) is 15.6 Å². The van der Waals surface area contributed by atoms with Crippen molar-refractivity contribution < 1.29 is 9.53 Å². The van der Waals surface area contributed by atoms with Crippen LogP contribution in [0, 0.1) is 0 Å². The molecular weight excluding hydrogens is 274 g/mol. The minimum absolute atomic E-state index is 0.0664. The lowest BCUT2D eigenvalue weighted by Crippen LogP contribution is -2.49. The number of hydrogen-bond donors (Lipinski definition) is 3. The van der Waals surface area contributed by atoms with Crippen LogP contribution in [0.25, 0.3) is 6.08 Å². The molecule has 1 aromatic rings. The maximum Gasteiger partial charge on any atom is 0.262 e. The fourth-order valence-electron chi connectivity index (χ4n) is 1.45. The first kappa shape index (κ1) is 16.1. The van der Waals surface area contributed by atoms with Crippen molar-refractivity contribution in [2.24, 2.45) is 0 Å². The molecule has 6 heteroatoms. The molecule has 0 radical (unpaired) electrons. The smallest absolute Gasteiger partial charge is 0.262 e. The molecular formula is C14H19N3O2S. The van der Waals surface area contributed by atoms with Gasteiger partial charge in [-0.2, -0.15) is 0 Å². The molecule has 0 bridgehead atoms. The van der Waals surface area contributed by atoms with Gasteiger partial charge < -0.3 is 10.1 Å². The third-order valence-electron chi connectivity index (χ3n) is 2.32. The number of methoxy groups -OCH3 is 1. The average molecular weight is 293 g/mol. The van der Waals surface area contributed by atoms with Crippen molar-refractivity contribution in [3.05, 3.63) is 42.0 Å². The van der Waals surface area contributed by atoms with Crippen LogP contribution in [0.1, 0.15) is 12.5 Å². The van der Waals surface area contributed by atoms with E-state index in [0.717, 1.165) is 5.56 Å². The highest BCUT2D eigenvalue weighted by molar-refractivity contribution is 7.80. The Morgan fingerprint density at radius 1 is 1.35 bits per heavy atom. The molecule has 1 atom stereocenters. The summed E-state index contributed by atoms with van der Waals surface area (Å²) in [6.07, 6.45) is 3.16. The highest BCUT2D eigenvalue weighted by Crippen LogP contribution is 2.00. The van der Waals surface area contributed by atoms with E-state index in [4.69, 9.17) is 17.0 Å². The van der Waals surface area contributed by atoms with Gasteiger partial charge in [-0.15, -0.1) is 0 Å². The van der Waals surface area contributed by atoms with Crippen LogP contribution < -0.4 is 16.2 Å². The van der Waals surface area contributed by atoms with Gasteiger partial charge in [0.15, 0.2) is 5.11 Å². The Hall–Kier alpha value is -1.92. The van der Waals surface area contributed by atoms with E-state index in [0.29, 0.717) is 11.7 Å². The summed E-state index contributed by atoms with van der Waals surface area (Å²) in [5.74, 6) is -0.280. The molecule has 0 heterocycles. The van der Waals surface area contributed by atoms with Crippen LogP contribution in [0.2, 0.25) is 0 Å². The zero-order valence-electron chi connectivity index (χ0n) is 11.6. The zero-order chi connectivity index (χ0) is 14.8. The number of carbonyl (C=O) groups excluding carboxylic acids is 1. The Balaban J connectivity index is 2.29. The Bertz CT molecular complexity index is 463. The molecule has 3 N–H and O–H groups in total. The highest BCUT2D eigenvalue weighted by Gasteiger charge is 2.03. The first-order valence-corrected chi connectivity index (χ1v) is 6.61. The van der Waals surface area contributed by atoms with Crippen LogP contribution in [0.4, 0.5) is 0 Å². The van der Waals surface area contributed by atoms with Gasteiger partial charge in [0.2, 0.25) is 0 Å². The largest absolute Gasteiger partial charge is 0.383 e. The molecule has 0 aliphatic rings. The number of carbonyl (C=O) groups is 1. The quantitative estimate of drug-likeness (QED) is 0.433. The van der Waals surface area contributed by atoms with E-state index in [1.807, 2.05) is 37.3 Å². The molecule has 0 fully saturated rings. The van der Waals surface area contributed by atoms with Gasteiger partial charge in [0.25, 0.3) is 5.91 Å². The van der Waals surface area contributed by atoms with Gasteiger partial charge in [-0.25, -0.2) is 0 Å². The number of hydrazine groups is 1. The average Bonchev–Trinajstić information content (AvgIpc) is 2.44. The number of amides is 1. The second kappa shape index (κ2) is 9.06. The van der Waals surface area contributed by atoms with Crippen molar-refractivity contribution in [2.75, 3.05) is 13.7 Å². The summed E-state index contributed by atoms with van der Waals surface area (Å²) in [6, 6.07) is 9.63. The van der Waals surface area contributed by atoms with Crippen LogP contribution in [-0.2, 0) is 9.53 Å². The van der Waals surface area contributed by atoms with Crippen LogP contribution >= 0.6 is 12.2 Å². The summed E-state index contributed by atoms with van der Waals surface area (Å²) >= 11 is 5.02. The molecule has 0 saturated heterocycles. The lowest BCUT2D eigenvalue weighted by atomic mass is 10.2. The summed E-state index contributed by atoms with van der Waals surface area (Å²) in [5.41, 5.74) is 6.06. The summed E-state index contributed by atoms with van der Waals surface area (Å²) in [5, 5.41) is 3.31. The standard InChI is InChI=1S/C14H19N3O2S/c1-11(10-19-2)15-14(20)17-16-13(18)9-8-12-6-4-3-5-7-12/h3-9,11H,10H2,1-2H3,(H,16,18)(H2,15,17,20)/b9-8+/t11-/m1/s1. The Labute approximate surface area is 124 Å². The predicted molar refractivity (Wildman–Crippen MR) is 83.8 cm³/mol. The SMILES string of the molecule is COC[C@@H](C)NC(=S)NNC(=O)/C=C/c1ccccc1. The number of hydrogen-bond acceptors (Lipinski definition) is 3. The van der Waals surface area contributed by atoms with Crippen molar-refractivity contribution in [1.29, 1.82) is 0 Å². The lowest BCUT2D eigenvalue weighted by Gasteiger charge is -2.15. The Morgan fingerprint density at radius 2 is 2.05 bits per heavy atom. The molecule has 108 valence electrons. The Morgan fingerprint density at radius 3 is 2.70 bits per heavy atom. The summed E-state index contributed by atoms with van der Waals surface area (Å²) in [4.78, 5) is 11.6. The molecule has 0 aliphatic carbocycles. The molecule has 5 nitrogen and oxygen atoms in total. The maximum atomic E-state index is 11.6. The van der Waals surface area contributed by atoms with Crippen LogP contribution in [-0.4, -0.2) is 30.8 Å². The van der Waals surface area contributed by atoms with Crippen molar-refractivity contribution in [1.82, 2.24) is 16.2 Å². The normalized spacial score (nSPS) is 11.9. The number of ether oxygens (including phenoxy) is 1. The summed E-state index contributed by atoms with van der Waals surface area (Å²) in [6.45, 7) is 2.46. The van der Waals surface area contributed by atoms with E-state index in [1.165, 1.54) is 6.08 Å². The van der Waals surface area contributed by atoms with E-state index in [1.54, 1.807) is 13.2 Å². The van der Waals surface area contributed by atoms with Crippen molar-refractivity contribution >= 4 is 29.3 Å². The third-order valence-corrected chi connectivity index (χ3v) is 2.54. The van der Waals surface area contributed by atoms with Gasteiger partial charge in [0, 0.05) is 19.2 Å². The molecule has 1 aromatic carbocycles. The van der Waals surface area contributed by atoms with Crippen molar-refractivity contribution in [2.45, 2.75) is 13.0 Å². The van der Waals surface area contributed by atoms with E-state index >= 15 is 0 Å². The molecule has 20 heavy (non-hydrogen) atoms.